The van der Waals surface area contributed by atoms with Gasteiger partial charge in [0.05, 0.1) is 5.69 Å². The second-order valence-electron chi connectivity index (χ2n) is 5.38. The monoisotopic (exact) mass is 433 g/mol. The van der Waals surface area contributed by atoms with Crippen molar-refractivity contribution in [2.45, 2.75) is 18.0 Å². The van der Waals surface area contributed by atoms with Crippen LogP contribution in [0.4, 0.5) is 18.9 Å². The number of halogens is 5. The van der Waals surface area contributed by atoms with Gasteiger partial charge in [0.2, 0.25) is 0 Å². The minimum atomic E-state index is -4.80. The average molecular weight is 435 g/mol. The van der Waals surface area contributed by atoms with Crippen LogP contribution in [-0.2, 0) is 0 Å². The maximum Gasteiger partial charge on any atom is 0.573 e. The van der Waals surface area contributed by atoms with Crippen LogP contribution in [0.2, 0.25) is 0 Å². The molecule has 2 atom stereocenters. The molecule has 0 spiro atoms. The molecule has 0 aliphatic carbocycles. The Morgan fingerprint density at radius 3 is 2.64 bits per heavy atom. The Morgan fingerprint density at radius 2 is 1.92 bits per heavy atom. The summed E-state index contributed by atoms with van der Waals surface area (Å²) in [5, 5.41) is 13.7. The van der Waals surface area contributed by atoms with E-state index < -0.39 is 23.7 Å². The molecule has 0 amide bonds. The predicted octanol–water partition coefficient (Wildman–Crippen LogP) is 5.46. The number of para-hydroxylation sites is 1. The van der Waals surface area contributed by atoms with Gasteiger partial charge in [0.25, 0.3) is 0 Å². The molecule has 0 saturated carbocycles. The molecule has 0 aromatic heterocycles. The summed E-state index contributed by atoms with van der Waals surface area (Å²) in [6.45, 7) is 0. The number of aliphatic hydroxyl groups excluding tert-OH is 1. The standard InChI is InChI=1S/C17H12BrClF3NO2/c18-13-6-2-3-9-8-12(16(19)23-14(9)13)15(24)10-4-1-5-11(7-10)25-17(20,21)22/h1-8,15-16,23-24H. The highest BCUT2D eigenvalue weighted by atomic mass is 79.9. The van der Waals surface area contributed by atoms with Crippen LogP contribution in [0.5, 0.6) is 5.75 Å². The predicted molar refractivity (Wildman–Crippen MR) is 93.5 cm³/mol. The second-order valence-corrected chi connectivity index (χ2v) is 6.67. The Kier molecular flexibility index (Phi) is 4.99. The molecule has 1 aliphatic rings. The first-order valence-electron chi connectivity index (χ1n) is 7.19. The van der Waals surface area contributed by atoms with E-state index in [1.807, 2.05) is 18.2 Å². The van der Waals surface area contributed by atoms with Crippen LogP contribution in [0.25, 0.3) is 6.08 Å². The van der Waals surface area contributed by atoms with Gasteiger partial charge in [-0.3, -0.25) is 0 Å². The second kappa shape index (κ2) is 6.90. The number of aliphatic hydroxyl groups is 1. The van der Waals surface area contributed by atoms with E-state index in [0.29, 0.717) is 5.57 Å². The van der Waals surface area contributed by atoms with E-state index in [1.54, 1.807) is 6.08 Å². The van der Waals surface area contributed by atoms with Crippen LogP contribution in [0, 0.1) is 0 Å². The summed E-state index contributed by atoms with van der Waals surface area (Å²) >= 11 is 9.71. The summed E-state index contributed by atoms with van der Waals surface area (Å²) in [6.07, 6.45) is -4.26. The van der Waals surface area contributed by atoms with Gasteiger partial charge in [-0.05, 0) is 51.3 Å². The summed E-state index contributed by atoms with van der Waals surface area (Å²) in [7, 11) is 0. The van der Waals surface area contributed by atoms with E-state index in [0.717, 1.165) is 21.8 Å². The normalized spacial score (nSPS) is 18.0. The van der Waals surface area contributed by atoms with E-state index in [-0.39, 0.29) is 5.56 Å². The lowest BCUT2D eigenvalue weighted by molar-refractivity contribution is -0.274. The number of benzene rings is 2. The Labute approximate surface area is 155 Å². The van der Waals surface area contributed by atoms with Gasteiger partial charge in [0, 0.05) is 10.0 Å². The molecule has 2 unspecified atom stereocenters. The highest BCUT2D eigenvalue weighted by Crippen LogP contribution is 2.39. The Bertz CT molecular complexity index is 826. The first kappa shape index (κ1) is 18.1. The van der Waals surface area contributed by atoms with E-state index >= 15 is 0 Å². The highest BCUT2D eigenvalue weighted by Gasteiger charge is 2.32. The van der Waals surface area contributed by atoms with E-state index in [9.17, 15) is 18.3 Å². The minimum Gasteiger partial charge on any atom is -0.406 e. The zero-order chi connectivity index (χ0) is 18.2. The lowest BCUT2D eigenvalue weighted by atomic mass is 9.95. The number of fused-ring (bicyclic) bond motifs is 1. The molecule has 25 heavy (non-hydrogen) atoms. The van der Waals surface area contributed by atoms with Crippen LogP contribution in [-0.4, -0.2) is 17.0 Å². The van der Waals surface area contributed by atoms with Crippen LogP contribution in [0.3, 0.4) is 0 Å². The number of alkyl halides is 4. The van der Waals surface area contributed by atoms with Crippen molar-refractivity contribution < 1.29 is 23.0 Å². The summed E-state index contributed by atoms with van der Waals surface area (Å²) in [5.41, 5.74) is 1.55. The number of hydrogen-bond donors (Lipinski definition) is 2. The number of hydrogen-bond acceptors (Lipinski definition) is 3. The molecule has 132 valence electrons. The fourth-order valence-corrected chi connectivity index (χ4v) is 3.36. The molecular weight excluding hydrogens is 423 g/mol. The van der Waals surface area contributed by atoms with Crippen molar-refractivity contribution in [1.82, 2.24) is 0 Å². The first-order chi connectivity index (χ1) is 11.7. The van der Waals surface area contributed by atoms with Crippen molar-refractivity contribution in [2.24, 2.45) is 0 Å². The Morgan fingerprint density at radius 1 is 1.20 bits per heavy atom. The van der Waals surface area contributed by atoms with Crippen molar-refractivity contribution in [2.75, 3.05) is 5.32 Å². The molecule has 1 aliphatic heterocycles. The zero-order valence-corrected chi connectivity index (χ0v) is 14.9. The average Bonchev–Trinajstić information content (AvgIpc) is 2.53. The molecule has 2 N–H and O–H groups in total. The fraction of sp³-hybridized carbons (Fsp3) is 0.176. The molecule has 0 saturated heterocycles. The van der Waals surface area contributed by atoms with Crippen molar-refractivity contribution in [3.63, 3.8) is 0 Å². The zero-order valence-electron chi connectivity index (χ0n) is 12.5. The van der Waals surface area contributed by atoms with Gasteiger partial charge < -0.3 is 15.2 Å². The Balaban J connectivity index is 1.93. The quantitative estimate of drug-likeness (QED) is 0.498. The van der Waals surface area contributed by atoms with Gasteiger partial charge in [0.1, 0.15) is 17.4 Å². The summed E-state index contributed by atoms with van der Waals surface area (Å²) in [6, 6.07) is 10.7. The number of ether oxygens (including phenoxy) is 1. The van der Waals surface area contributed by atoms with Crippen molar-refractivity contribution in [3.05, 3.63) is 63.6 Å². The Hall–Kier alpha value is -1.70. The third kappa shape index (κ3) is 4.11. The largest absolute Gasteiger partial charge is 0.573 e. The molecule has 8 heteroatoms. The van der Waals surface area contributed by atoms with Crippen molar-refractivity contribution in [3.8, 4) is 5.75 Å². The summed E-state index contributed by atoms with van der Waals surface area (Å²) < 4.78 is 41.8. The molecule has 2 aromatic carbocycles. The van der Waals surface area contributed by atoms with Gasteiger partial charge >= 0.3 is 6.36 Å². The van der Waals surface area contributed by atoms with Crippen LogP contribution >= 0.6 is 27.5 Å². The first-order valence-corrected chi connectivity index (χ1v) is 8.42. The van der Waals surface area contributed by atoms with E-state index in [1.165, 1.54) is 18.2 Å². The molecule has 1 heterocycles. The molecule has 3 nitrogen and oxygen atoms in total. The van der Waals surface area contributed by atoms with Gasteiger partial charge in [-0.1, -0.05) is 35.9 Å². The van der Waals surface area contributed by atoms with Crippen LogP contribution in [0.15, 0.2) is 52.5 Å². The molecular formula is C17H12BrClF3NO2. The third-order valence-corrected chi connectivity index (χ3v) is 4.68. The van der Waals surface area contributed by atoms with Gasteiger partial charge in [-0.25, -0.2) is 0 Å². The smallest absolute Gasteiger partial charge is 0.406 e. The molecule has 0 radical (unpaired) electrons. The molecule has 3 rings (SSSR count). The van der Waals surface area contributed by atoms with Gasteiger partial charge in [-0.2, -0.15) is 0 Å². The van der Waals surface area contributed by atoms with Crippen molar-refractivity contribution in [1.29, 1.82) is 0 Å². The van der Waals surface area contributed by atoms with Gasteiger partial charge in [0.15, 0.2) is 0 Å². The lowest BCUT2D eigenvalue weighted by Crippen LogP contribution is -2.24. The fourth-order valence-electron chi connectivity index (χ4n) is 2.57. The van der Waals surface area contributed by atoms with E-state index in [4.69, 9.17) is 11.6 Å². The maximum absolute atomic E-state index is 12.4. The molecule has 0 bridgehead atoms. The molecule has 2 aromatic rings. The van der Waals surface area contributed by atoms with Crippen molar-refractivity contribution >= 4 is 39.3 Å². The molecule has 0 fully saturated rings. The number of nitrogens with one attached hydrogen (secondary N) is 1. The van der Waals surface area contributed by atoms with Gasteiger partial charge in [-0.15, -0.1) is 13.2 Å². The van der Waals surface area contributed by atoms with Crippen LogP contribution in [0.1, 0.15) is 17.2 Å². The van der Waals surface area contributed by atoms with E-state index in [2.05, 4.69) is 26.0 Å². The van der Waals surface area contributed by atoms with Crippen LogP contribution < -0.4 is 10.1 Å². The topological polar surface area (TPSA) is 41.5 Å². The number of rotatable bonds is 3. The third-order valence-electron chi connectivity index (χ3n) is 3.65. The minimum absolute atomic E-state index is 0.249. The summed E-state index contributed by atoms with van der Waals surface area (Å²) in [4.78, 5) is 0. The maximum atomic E-state index is 12.4. The SMILES string of the molecule is OC(C1=Cc2cccc(Br)c2NC1Cl)c1cccc(OC(F)(F)F)c1. The lowest BCUT2D eigenvalue weighted by Gasteiger charge is -2.28. The highest BCUT2D eigenvalue weighted by molar-refractivity contribution is 9.10. The summed E-state index contributed by atoms with van der Waals surface area (Å²) in [5.74, 6) is -0.400. The number of anilines is 1.